The standard InChI is InChI=1S/C10H20O4/c1-8(2)7-14-10(3,9(11)12)5-6-13-4/h8H,5-7H2,1-4H3,(H,11,12). The van der Waals surface area contributed by atoms with Gasteiger partial charge in [-0.2, -0.15) is 0 Å². The maximum atomic E-state index is 11.0. The Labute approximate surface area is 85.2 Å². The molecule has 84 valence electrons. The van der Waals surface area contributed by atoms with Crippen LogP contribution in [0.25, 0.3) is 0 Å². The summed E-state index contributed by atoms with van der Waals surface area (Å²) in [6.07, 6.45) is 0.367. The maximum absolute atomic E-state index is 11.0. The molecule has 14 heavy (non-hydrogen) atoms. The topological polar surface area (TPSA) is 55.8 Å². The zero-order valence-electron chi connectivity index (χ0n) is 9.37. The fraction of sp³-hybridized carbons (Fsp3) is 0.900. The highest BCUT2D eigenvalue weighted by Crippen LogP contribution is 2.17. The van der Waals surface area contributed by atoms with Gasteiger partial charge in [0.25, 0.3) is 0 Å². The van der Waals surface area contributed by atoms with Gasteiger partial charge in [-0.25, -0.2) is 4.79 Å². The molecule has 0 aliphatic rings. The number of carboxylic acid groups (broad SMARTS) is 1. The third-order valence-corrected chi connectivity index (χ3v) is 1.97. The molecule has 1 unspecified atom stereocenters. The molecule has 0 aromatic rings. The molecule has 0 aliphatic heterocycles. The molecule has 0 aliphatic carbocycles. The summed E-state index contributed by atoms with van der Waals surface area (Å²) in [7, 11) is 1.55. The fourth-order valence-electron chi connectivity index (χ4n) is 0.888. The lowest BCUT2D eigenvalue weighted by molar-refractivity contribution is -0.167. The predicted octanol–water partition coefficient (Wildman–Crippen LogP) is 1.54. The zero-order chi connectivity index (χ0) is 11.2. The first-order chi connectivity index (χ1) is 6.42. The Morgan fingerprint density at radius 1 is 1.50 bits per heavy atom. The Balaban J connectivity index is 4.17. The summed E-state index contributed by atoms with van der Waals surface area (Å²) in [6.45, 7) is 6.39. The number of methoxy groups -OCH3 is 1. The molecular formula is C10H20O4. The lowest BCUT2D eigenvalue weighted by Gasteiger charge is -2.25. The highest BCUT2D eigenvalue weighted by molar-refractivity contribution is 5.76. The number of aliphatic carboxylic acids is 1. The van der Waals surface area contributed by atoms with Gasteiger partial charge in [-0.1, -0.05) is 13.8 Å². The molecule has 1 N–H and O–H groups in total. The highest BCUT2D eigenvalue weighted by Gasteiger charge is 2.33. The summed E-state index contributed by atoms with van der Waals surface area (Å²) in [4.78, 5) is 11.0. The summed E-state index contributed by atoms with van der Waals surface area (Å²) < 4.78 is 10.2. The zero-order valence-corrected chi connectivity index (χ0v) is 9.37. The first-order valence-electron chi connectivity index (χ1n) is 4.78. The Morgan fingerprint density at radius 2 is 2.07 bits per heavy atom. The average molecular weight is 204 g/mol. The predicted molar refractivity (Wildman–Crippen MR) is 53.3 cm³/mol. The van der Waals surface area contributed by atoms with Crippen molar-refractivity contribution in [1.29, 1.82) is 0 Å². The van der Waals surface area contributed by atoms with Crippen LogP contribution < -0.4 is 0 Å². The summed E-state index contributed by atoms with van der Waals surface area (Å²) >= 11 is 0. The summed E-state index contributed by atoms with van der Waals surface area (Å²) in [6, 6.07) is 0. The molecule has 4 nitrogen and oxygen atoms in total. The lowest BCUT2D eigenvalue weighted by atomic mass is 10.0. The Bertz CT molecular complexity index is 179. The normalized spacial score (nSPS) is 15.5. The minimum absolute atomic E-state index is 0.330. The van der Waals surface area contributed by atoms with Crippen LogP contribution in [-0.4, -0.2) is 37.0 Å². The molecule has 0 fully saturated rings. The van der Waals surface area contributed by atoms with Crippen molar-refractivity contribution in [3.63, 3.8) is 0 Å². The maximum Gasteiger partial charge on any atom is 0.335 e. The van der Waals surface area contributed by atoms with Gasteiger partial charge in [0.1, 0.15) is 0 Å². The van der Waals surface area contributed by atoms with Crippen molar-refractivity contribution in [3.8, 4) is 0 Å². The number of carbonyl (C=O) groups is 1. The van der Waals surface area contributed by atoms with E-state index in [0.717, 1.165) is 0 Å². The second-order valence-electron chi connectivity index (χ2n) is 3.98. The van der Waals surface area contributed by atoms with Gasteiger partial charge in [0.15, 0.2) is 5.60 Å². The highest BCUT2D eigenvalue weighted by atomic mass is 16.5. The molecule has 0 aromatic carbocycles. The van der Waals surface area contributed by atoms with Crippen LogP contribution in [0, 0.1) is 5.92 Å². The minimum Gasteiger partial charge on any atom is -0.479 e. The van der Waals surface area contributed by atoms with Gasteiger partial charge < -0.3 is 14.6 Å². The first kappa shape index (κ1) is 13.4. The molecule has 0 saturated heterocycles. The smallest absolute Gasteiger partial charge is 0.335 e. The fourth-order valence-corrected chi connectivity index (χ4v) is 0.888. The largest absolute Gasteiger partial charge is 0.479 e. The molecule has 0 amide bonds. The molecule has 0 spiro atoms. The van der Waals surface area contributed by atoms with E-state index in [4.69, 9.17) is 14.6 Å². The van der Waals surface area contributed by atoms with E-state index in [1.165, 1.54) is 0 Å². The Morgan fingerprint density at radius 3 is 2.43 bits per heavy atom. The number of hydrogen-bond donors (Lipinski definition) is 1. The van der Waals surface area contributed by atoms with Crippen LogP contribution in [0.3, 0.4) is 0 Å². The van der Waals surface area contributed by atoms with Gasteiger partial charge in [0.2, 0.25) is 0 Å². The molecular weight excluding hydrogens is 184 g/mol. The summed E-state index contributed by atoms with van der Waals surface area (Å²) in [5.41, 5.74) is -1.12. The molecule has 0 bridgehead atoms. The number of hydrogen-bond acceptors (Lipinski definition) is 3. The molecule has 0 saturated carbocycles. The lowest BCUT2D eigenvalue weighted by Crippen LogP contribution is -2.40. The second kappa shape index (κ2) is 5.98. The number of rotatable bonds is 7. The summed E-state index contributed by atoms with van der Waals surface area (Å²) in [5, 5.41) is 8.99. The van der Waals surface area contributed by atoms with Crippen molar-refractivity contribution in [2.75, 3.05) is 20.3 Å². The van der Waals surface area contributed by atoms with Gasteiger partial charge in [0.05, 0.1) is 6.61 Å². The van der Waals surface area contributed by atoms with Gasteiger partial charge in [-0.05, 0) is 12.8 Å². The van der Waals surface area contributed by atoms with Crippen LogP contribution in [0.5, 0.6) is 0 Å². The van der Waals surface area contributed by atoms with Crippen LogP contribution in [0.2, 0.25) is 0 Å². The van der Waals surface area contributed by atoms with Crippen molar-refractivity contribution >= 4 is 5.97 Å². The molecule has 0 rings (SSSR count). The van der Waals surface area contributed by atoms with Crippen LogP contribution in [0.1, 0.15) is 27.2 Å². The molecule has 1 atom stereocenters. The second-order valence-corrected chi connectivity index (χ2v) is 3.98. The van der Waals surface area contributed by atoms with Crippen molar-refractivity contribution in [3.05, 3.63) is 0 Å². The number of ether oxygens (including phenoxy) is 2. The van der Waals surface area contributed by atoms with E-state index in [2.05, 4.69) is 0 Å². The average Bonchev–Trinajstić information content (AvgIpc) is 2.11. The van der Waals surface area contributed by atoms with Gasteiger partial charge in [-0.15, -0.1) is 0 Å². The van der Waals surface area contributed by atoms with E-state index < -0.39 is 11.6 Å². The molecule has 4 heteroatoms. The minimum atomic E-state index is -1.12. The summed E-state index contributed by atoms with van der Waals surface area (Å²) in [5.74, 6) is -0.605. The van der Waals surface area contributed by atoms with E-state index in [1.807, 2.05) is 13.8 Å². The monoisotopic (exact) mass is 204 g/mol. The SMILES string of the molecule is COCCC(C)(OCC(C)C)C(=O)O. The van der Waals surface area contributed by atoms with Crippen LogP contribution >= 0.6 is 0 Å². The number of carboxylic acids is 1. The van der Waals surface area contributed by atoms with Crippen molar-refractivity contribution in [2.45, 2.75) is 32.8 Å². The van der Waals surface area contributed by atoms with Gasteiger partial charge in [-0.3, -0.25) is 0 Å². The quantitative estimate of drug-likeness (QED) is 0.683. The van der Waals surface area contributed by atoms with E-state index in [0.29, 0.717) is 25.6 Å². The van der Waals surface area contributed by atoms with Crippen LogP contribution in [-0.2, 0) is 14.3 Å². The third kappa shape index (κ3) is 4.58. The van der Waals surface area contributed by atoms with Crippen LogP contribution in [0.15, 0.2) is 0 Å². The van der Waals surface area contributed by atoms with Crippen molar-refractivity contribution in [2.24, 2.45) is 5.92 Å². The van der Waals surface area contributed by atoms with E-state index >= 15 is 0 Å². The molecule has 0 aromatic heterocycles. The molecule has 0 radical (unpaired) electrons. The van der Waals surface area contributed by atoms with Crippen molar-refractivity contribution in [1.82, 2.24) is 0 Å². The van der Waals surface area contributed by atoms with Crippen molar-refractivity contribution < 1.29 is 19.4 Å². The van der Waals surface area contributed by atoms with E-state index in [1.54, 1.807) is 14.0 Å². The van der Waals surface area contributed by atoms with Gasteiger partial charge in [0, 0.05) is 20.1 Å². The van der Waals surface area contributed by atoms with Gasteiger partial charge >= 0.3 is 5.97 Å². The molecule has 0 heterocycles. The third-order valence-electron chi connectivity index (χ3n) is 1.97. The van der Waals surface area contributed by atoms with E-state index in [-0.39, 0.29) is 0 Å². The Kier molecular flexibility index (Phi) is 5.72. The first-order valence-corrected chi connectivity index (χ1v) is 4.78. The van der Waals surface area contributed by atoms with Crippen LogP contribution in [0.4, 0.5) is 0 Å². The Hall–Kier alpha value is -0.610. The van der Waals surface area contributed by atoms with E-state index in [9.17, 15) is 4.79 Å².